The lowest BCUT2D eigenvalue weighted by Gasteiger charge is -2.39. The van der Waals surface area contributed by atoms with Gasteiger partial charge in [0.1, 0.15) is 5.76 Å². The molecule has 2 atom stereocenters. The van der Waals surface area contributed by atoms with Gasteiger partial charge in [-0.1, -0.05) is 140 Å². The van der Waals surface area contributed by atoms with Gasteiger partial charge >= 0.3 is 0 Å². The molecule has 0 fully saturated rings. The molecule has 2 aliphatic carbocycles. The lowest BCUT2D eigenvalue weighted by Crippen LogP contribution is -2.32. The topological polar surface area (TPSA) is 18.5 Å². The van der Waals surface area contributed by atoms with Gasteiger partial charge in [-0.25, -0.2) is 0 Å². The maximum Gasteiger partial charge on any atom is 0.123 e. The Hall–Kier alpha value is -3.54. The van der Waals surface area contributed by atoms with Crippen LogP contribution in [0.25, 0.3) is 0 Å². The van der Waals surface area contributed by atoms with Crippen LogP contribution in [0.3, 0.4) is 0 Å². The van der Waals surface area contributed by atoms with Gasteiger partial charge in [-0.3, -0.25) is 0 Å². The SMILES string of the molecule is C1=CC(P(c2ccccc2)c2ccccc2)=C2C3=C(C=CC[C@@H]3P(c3ccccc3)c3ccccc3)OCCCCCO[C@H]2C1. The van der Waals surface area contributed by atoms with Crippen LogP contribution in [-0.2, 0) is 9.47 Å². The minimum Gasteiger partial charge on any atom is -0.493 e. The molecule has 1 aliphatic heterocycles. The van der Waals surface area contributed by atoms with Crippen LogP contribution < -0.4 is 21.2 Å². The molecule has 0 spiro atoms. The second-order valence-electron chi connectivity index (χ2n) is 11.7. The normalized spacial score (nSPS) is 20.4. The number of rotatable bonds is 6. The summed E-state index contributed by atoms with van der Waals surface area (Å²) in [6.45, 7) is 1.51. The molecular weight excluding hydrogens is 586 g/mol. The first kappa shape index (κ1) is 30.1. The highest BCUT2D eigenvalue weighted by Gasteiger charge is 2.39. The third-order valence-electron chi connectivity index (χ3n) is 8.76. The summed E-state index contributed by atoms with van der Waals surface area (Å²) in [4.78, 5) is 0. The van der Waals surface area contributed by atoms with Gasteiger partial charge in [-0.2, -0.15) is 0 Å². The molecule has 3 aliphatic rings. The molecular formula is C41H40O2P2. The first-order valence-electron chi connectivity index (χ1n) is 16.2. The first-order chi connectivity index (χ1) is 22.4. The fourth-order valence-corrected chi connectivity index (χ4v) is 12.2. The van der Waals surface area contributed by atoms with Crippen LogP contribution in [-0.4, -0.2) is 25.0 Å². The van der Waals surface area contributed by atoms with Gasteiger partial charge in [0.2, 0.25) is 0 Å². The monoisotopic (exact) mass is 626 g/mol. The van der Waals surface area contributed by atoms with Crippen molar-refractivity contribution in [2.75, 3.05) is 13.2 Å². The van der Waals surface area contributed by atoms with Crippen molar-refractivity contribution in [1.29, 1.82) is 0 Å². The number of hydrogen-bond acceptors (Lipinski definition) is 2. The van der Waals surface area contributed by atoms with E-state index in [9.17, 15) is 0 Å². The van der Waals surface area contributed by atoms with E-state index in [4.69, 9.17) is 9.47 Å². The molecule has 2 nitrogen and oxygen atoms in total. The standard InChI is InChI=1S/C41H40O2P2/c1-6-18-32(19-7-1)44(33-20-8-2-9-21-33)38-28-16-26-36-40(38)41-37(43-31-15-5-14-30-42-36)27-17-29-39(41)45(34-22-10-3-11-23-34)35-24-12-4-13-25-35/h1-4,6-13,16-26,29,37-38H,5,14-15,27-28,30-31H2/t37-,38-/m0/s1. The molecule has 226 valence electrons. The number of allylic oxidation sites excluding steroid dienone is 4. The van der Waals surface area contributed by atoms with Gasteiger partial charge in [-0.15, -0.1) is 0 Å². The van der Waals surface area contributed by atoms with E-state index >= 15 is 0 Å². The van der Waals surface area contributed by atoms with Crippen LogP contribution in [0.4, 0.5) is 0 Å². The maximum absolute atomic E-state index is 6.91. The molecule has 0 saturated heterocycles. The smallest absolute Gasteiger partial charge is 0.123 e. The van der Waals surface area contributed by atoms with Crippen LogP contribution in [0.15, 0.2) is 168 Å². The Morgan fingerprint density at radius 3 is 1.64 bits per heavy atom. The minimum atomic E-state index is -0.828. The van der Waals surface area contributed by atoms with Crippen molar-refractivity contribution in [2.45, 2.75) is 43.9 Å². The molecule has 4 heteroatoms. The molecule has 0 amide bonds. The van der Waals surface area contributed by atoms with Crippen LogP contribution >= 0.6 is 15.8 Å². The Balaban J connectivity index is 1.50. The van der Waals surface area contributed by atoms with Crippen LogP contribution in [0, 0.1) is 0 Å². The van der Waals surface area contributed by atoms with E-state index < -0.39 is 15.8 Å². The quantitative estimate of drug-likeness (QED) is 0.200. The zero-order chi connectivity index (χ0) is 30.3. The highest BCUT2D eigenvalue weighted by Crippen LogP contribution is 2.55. The van der Waals surface area contributed by atoms with Crippen molar-refractivity contribution in [2.24, 2.45) is 0 Å². The Morgan fingerprint density at radius 1 is 0.511 bits per heavy atom. The van der Waals surface area contributed by atoms with Gasteiger partial charge < -0.3 is 9.47 Å². The van der Waals surface area contributed by atoms with Gasteiger partial charge in [0.05, 0.1) is 12.7 Å². The van der Waals surface area contributed by atoms with E-state index in [1.54, 1.807) is 0 Å². The minimum absolute atomic E-state index is 0.00785. The Labute approximate surface area is 270 Å². The van der Waals surface area contributed by atoms with Gasteiger partial charge in [0, 0.05) is 17.8 Å². The fraction of sp³-hybridized carbons (Fsp3) is 0.220. The van der Waals surface area contributed by atoms with Crippen LogP contribution in [0.1, 0.15) is 32.1 Å². The molecule has 45 heavy (non-hydrogen) atoms. The molecule has 0 bridgehead atoms. The maximum atomic E-state index is 6.91. The highest BCUT2D eigenvalue weighted by molar-refractivity contribution is 7.77. The largest absolute Gasteiger partial charge is 0.493 e. The Morgan fingerprint density at radius 2 is 1.04 bits per heavy atom. The van der Waals surface area contributed by atoms with E-state index in [2.05, 4.69) is 146 Å². The number of benzene rings is 4. The number of fused-ring (bicyclic) bond motifs is 2. The van der Waals surface area contributed by atoms with E-state index in [1.807, 2.05) is 0 Å². The summed E-state index contributed by atoms with van der Waals surface area (Å²) in [6.07, 6.45) is 14.5. The molecule has 0 aromatic heterocycles. The van der Waals surface area contributed by atoms with Crippen molar-refractivity contribution in [3.63, 3.8) is 0 Å². The van der Waals surface area contributed by atoms with Gasteiger partial charge in [0.15, 0.2) is 0 Å². The summed E-state index contributed by atoms with van der Waals surface area (Å²) in [5.41, 5.74) is 2.99. The molecule has 0 N–H and O–H groups in total. The molecule has 1 heterocycles. The van der Waals surface area contributed by atoms with Crippen LogP contribution in [0.5, 0.6) is 0 Å². The summed E-state index contributed by atoms with van der Waals surface area (Å²) in [6, 6.07) is 44.5. The second kappa shape index (κ2) is 14.7. The molecule has 0 saturated carbocycles. The summed E-state index contributed by atoms with van der Waals surface area (Å²) < 4.78 is 13.7. The van der Waals surface area contributed by atoms with Crippen LogP contribution in [0.2, 0.25) is 0 Å². The average Bonchev–Trinajstić information content (AvgIpc) is 3.14. The third-order valence-corrected chi connectivity index (χ3v) is 14.1. The van der Waals surface area contributed by atoms with Crippen molar-refractivity contribution < 1.29 is 9.47 Å². The number of hydrogen-bond donors (Lipinski definition) is 0. The first-order valence-corrected chi connectivity index (χ1v) is 19.0. The third kappa shape index (κ3) is 6.71. The Kier molecular flexibility index (Phi) is 9.84. The molecule has 0 radical (unpaired) electrons. The lowest BCUT2D eigenvalue weighted by molar-refractivity contribution is 0.0766. The summed E-state index contributed by atoms with van der Waals surface area (Å²) in [7, 11) is -1.56. The molecule has 0 unspecified atom stereocenters. The summed E-state index contributed by atoms with van der Waals surface area (Å²) >= 11 is 0. The summed E-state index contributed by atoms with van der Waals surface area (Å²) in [5.74, 6) is 1.04. The molecule has 7 rings (SSSR count). The fourth-order valence-electron chi connectivity index (χ4n) is 6.74. The second-order valence-corrected chi connectivity index (χ2v) is 16.3. The van der Waals surface area contributed by atoms with Crippen molar-refractivity contribution in [3.05, 3.63) is 168 Å². The van der Waals surface area contributed by atoms with Gasteiger partial charge in [-0.05, 0) is 86.1 Å². The predicted octanol–water partition coefficient (Wildman–Crippen LogP) is 8.63. The average molecular weight is 627 g/mol. The molecule has 4 aromatic rings. The van der Waals surface area contributed by atoms with E-state index in [0.29, 0.717) is 0 Å². The number of ether oxygens (including phenoxy) is 2. The van der Waals surface area contributed by atoms with Crippen molar-refractivity contribution >= 4 is 37.1 Å². The predicted molar refractivity (Wildman–Crippen MR) is 193 cm³/mol. The highest BCUT2D eigenvalue weighted by atomic mass is 31.1. The van der Waals surface area contributed by atoms with E-state index in [0.717, 1.165) is 51.1 Å². The zero-order valence-corrected chi connectivity index (χ0v) is 27.5. The van der Waals surface area contributed by atoms with Crippen molar-refractivity contribution in [3.8, 4) is 0 Å². The summed E-state index contributed by atoms with van der Waals surface area (Å²) in [5, 5.41) is 6.92. The lowest BCUT2D eigenvalue weighted by atomic mass is 9.88. The van der Waals surface area contributed by atoms with Gasteiger partial charge in [0.25, 0.3) is 0 Å². The van der Waals surface area contributed by atoms with E-state index in [1.165, 1.54) is 37.7 Å². The molecule has 4 aromatic carbocycles. The van der Waals surface area contributed by atoms with E-state index in [-0.39, 0.29) is 11.8 Å². The zero-order valence-electron chi connectivity index (χ0n) is 25.7. The Bertz CT molecular complexity index is 1600. The van der Waals surface area contributed by atoms with Crippen molar-refractivity contribution in [1.82, 2.24) is 0 Å².